The predicted octanol–water partition coefficient (Wildman–Crippen LogP) is -5.38. The molecule has 0 aromatic carbocycles. The summed E-state index contributed by atoms with van der Waals surface area (Å²) in [5.74, 6) is -1.06. The zero-order valence-electron chi connectivity index (χ0n) is 25.4. The molecule has 1 aliphatic carbocycles. The Hall–Kier alpha value is -2.16. The van der Waals surface area contributed by atoms with Gasteiger partial charge in [-0.25, -0.2) is 0 Å². The fraction of sp³-hybridized carbons (Fsp3) is 0.852. The topological polar surface area (TPSA) is 298 Å². The summed E-state index contributed by atoms with van der Waals surface area (Å²) in [6, 6.07) is -2.96. The Morgan fingerprint density at radius 3 is 2.64 bits per heavy atom. The number of likely N-dealkylation sites (N-methyl/N-ethyl adjacent to an activating group) is 1. The van der Waals surface area contributed by atoms with Crippen LogP contribution in [0.5, 0.6) is 0 Å². The van der Waals surface area contributed by atoms with Crippen molar-refractivity contribution >= 4 is 11.9 Å². The monoisotopic (exact) mass is 632 g/mol. The van der Waals surface area contributed by atoms with Gasteiger partial charge in [0.2, 0.25) is 5.91 Å². The molecule has 12 unspecified atom stereocenters. The van der Waals surface area contributed by atoms with E-state index in [0.29, 0.717) is 31.7 Å². The predicted molar refractivity (Wildman–Crippen MR) is 160 cm³/mol. The zero-order chi connectivity index (χ0) is 32.6. The molecule has 1 saturated heterocycles. The van der Waals surface area contributed by atoms with E-state index < -0.39 is 78.4 Å². The zero-order valence-corrected chi connectivity index (χ0v) is 25.4. The van der Waals surface area contributed by atoms with Crippen molar-refractivity contribution < 1.29 is 44.5 Å². The molecule has 3 rings (SSSR count). The third-order valence-corrected chi connectivity index (χ3v) is 8.43. The maximum Gasteiger partial charge on any atom is 0.249 e. The van der Waals surface area contributed by atoms with Gasteiger partial charge in [-0.05, 0) is 45.9 Å². The molecule has 0 radical (unpaired) electrons. The smallest absolute Gasteiger partial charge is 0.249 e. The Kier molecular flexibility index (Phi) is 13.5. The van der Waals surface area contributed by atoms with Gasteiger partial charge >= 0.3 is 0 Å². The minimum atomic E-state index is -1.47. The molecule has 17 heteroatoms. The number of ether oxygens (including phenoxy) is 3. The molecule has 1 saturated carbocycles. The first-order valence-corrected chi connectivity index (χ1v) is 15.1. The lowest BCUT2D eigenvalue weighted by Crippen LogP contribution is -2.69. The van der Waals surface area contributed by atoms with Gasteiger partial charge in [-0.2, -0.15) is 0 Å². The van der Waals surface area contributed by atoms with E-state index in [0.717, 1.165) is 0 Å². The van der Waals surface area contributed by atoms with E-state index in [1.54, 1.807) is 7.05 Å². The standard InChI is InChI=1S/C27H52N8O9/c1-27(41)12-42-25(20(39)23(27)32-2)44-22-16(35-24(40)17(37)6-8-34-26(30)31)10-15(29)18(19(22)38)21-14(28)5-4-13(43-21)11-33-7-3-9-36/h4,14-23,25,32-33,36-39,41H,3,5-12,28-29H2,1-2H3,(H,35,40)(H4,30,31,34). The number of aliphatic hydroxyl groups excluding tert-OH is 4. The summed E-state index contributed by atoms with van der Waals surface area (Å²) >= 11 is 0. The van der Waals surface area contributed by atoms with E-state index >= 15 is 0 Å². The highest BCUT2D eigenvalue weighted by atomic mass is 16.7. The first-order valence-electron chi connectivity index (χ1n) is 15.1. The molecular formula is C27H52N8O9. The SMILES string of the molecule is CNC1C(O)C(OC2C(NC(=O)C(O)CCN=C(N)N)CC(N)C(C3OC(CNCCCO)=CCC3N)C2O)OCC1(C)O. The fourth-order valence-corrected chi connectivity index (χ4v) is 6.10. The van der Waals surface area contributed by atoms with Gasteiger partial charge in [0.25, 0.3) is 0 Å². The summed E-state index contributed by atoms with van der Waals surface area (Å²) in [6.07, 6.45) is -4.39. The normalized spacial score (nSPS) is 38.2. The van der Waals surface area contributed by atoms with Crippen molar-refractivity contribution in [1.29, 1.82) is 0 Å². The van der Waals surface area contributed by atoms with E-state index in [1.807, 2.05) is 6.08 Å². The van der Waals surface area contributed by atoms with Crippen molar-refractivity contribution in [2.24, 2.45) is 33.8 Å². The number of nitrogens with zero attached hydrogens (tertiary/aromatic N) is 1. The first kappa shape index (κ1) is 36.3. The van der Waals surface area contributed by atoms with Crippen LogP contribution in [-0.4, -0.2) is 144 Å². The van der Waals surface area contributed by atoms with Gasteiger partial charge in [0.15, 0.2) is 12.2 Å². The van der Waals surface area contributed by atoms with Crippen molar-refractivity contribution in [2.75, 3.05) is 39.9 Å². The molecule has 12 atom stereocenters. The maximum absolute atomic E-state index is 13.0. The summed E-state index contributed by atoms with van der Waals surface area (Å²) in [5, 5.41) is 61.8. The molecule has 2 heterocycles. The van der Waals surface area contributed by atoms with Gasteiger partial charge in [-0.15, -0.1) is 0 Å². The molecule has 254 valence electrons. The van der Waals surface area contributed by atoms with E-state index in [9.17, 15) is 25.2 Å². The second-order valence-corrected chi connectivity index (χ2v) is 12.0. The van der Waals surface area contributed by atoms with Crippen LogP contribution in [0.4, 0.5) is 0 Å². The van der Waals surface area contributed by atoms with Gasteiger partial charge < -0.3 is 78.6 Å². The van der Waals surface area contributed by atoms with Gasteiger partial charge in [0.1, 0.15) is 35.8 Å². The van der Waals surface area contributed by atoms with E-state index in [-0.39, 0.29) is 38.6 Å². The minimum Gasteiger partial charge on any atom is -0.492 e. The molecule has 0 aromatic heterocycles. The van der Waals surface area contributed by atoms with Crippen molar-refractivity contribution in [3.05, 3.63) is 11.8 Å². The van der Waals surface area contributed by atoms with Crippen molar-refractivity contribution in [2.45, 2.75) is 99.2 Å². The molecule has 2 aliphatic heterocycles. The number of nitrogens with one attached hydrogen (secondary N) is 3. The third-order valence-electron chi connectivity index (χ3n) is 8.43. The molecule has 1 amide bonds. The van der Waals surface area contributed by atoms with Crippen molar-refractivity contribution in [1.82, 2.24) is 16.0 Å². The summed E-state index contributed by atoms with van der Waals surface area (Å²) in [6.45, 7) is 2.38. The van der Waals surface area contributed by atoms with Crippen LogP contribution in [0.2, 0.25) is 0 Å². The van der Waals surface area contributed by atoms with Crippen LogP contribution in [0.3, 0.4) is 0 Å². The summed E-state index contributed by atoms with van der Waals surface area (Å²) in [5.41, 5.74) is 22.3. The number of amides is 1. The van der Waals surface area contributed by atoms with Crippen LogP contribution in [-0.2, 0) is 19.0 Å². The molecule has 16 N–H and O–H groups in total. The van der Waals surface area contributed by atoms with Crippen LogP contribution in [0.1, 0.15) is 32.6 Å². The van der Waals surface area contributed by atoms with E-state index in [4.69, 9.17) is 42.3 Å². The second kappa shape index (κ2) is 16.4. The molecular weight excluding hydrogens is 580 g/mol. The summed E-state index contributed by atoms with van der Waals surface area (Å²) in [4.78, 5) is 16.7. The number of hydrogen-bond donors (Lipinski definition) is 12. The number of carbonyl (C=O) groups is 1. The second-order valence-electron chi connectivity index (χ2n) is 12.0. The Morgan fingerprint density at radius 1 is 1.25 bits per heavy atom. The van der Waals surface area contributed by atoms with Gasteiger partial charge in [-0.1, -0.05) is 0 Å². The third kappa shape index (κ3) is 9.20. The molecule has 17 nitrogen and oxygen atoms in total. The molecule has 0 bridgehead atoms. The van der Waals surface area contributed by atoms with E-state index in [1.165, 1.54) is 6.92 Å². The lowest BCUT2D eigenvalue weighted by molar-refractivity contribution is -0.297. The Labute approximate surface area is 257 Å². The number of aliphatic imine (C=N–C) groups is 1. The number of nitrogens with two attached hydrogens (primary N) is 4. The summed E-state index contributed by atoms with van der Waals surface area (Å²) < 4.78 is 18.1. The van der Waals surface area contributed by atoms with E-state index in [2.05, 4.69) is 20.9 Å². The number of carbonyl (C=O) groups excluding carboxylic acids is 1. The molecule has 0 spiro atoms. The summed E-state index contributed by atoms with van der Waals surface area (Å²) in [7, 11) is 1.58. The van der Waals surface area contributed by atoms with Crippen molar-refractivity contribution in [3.63, 3.8) is 0 Å². The molecule has 2 fully saturated rings. The lowest BCUT2D eigenvalue weighted by Gasteiger charge is -2.50. The number of rotatable bonds is 14. The van der Waals surface area contributed by atoms with Gasteiger partial charge in [0.05, 0.1) is 31.3 Å². The Morgan fingerprint density at radius 2 is 1.98 bits per heavy atom. The molecule has 0 aromatic rings. The largest absolute Gasteiger partial charge is 0.492 e. The van der Waals surface area contributed by atoms with Gasteiger partial charge in [-0.3, -0.25) is 9.79 Å². The average Bonchev–Trinajstić information content (AvgIpc) is 2.95. The highest BCUT2D eigenvalue weighted by molar-refractivity contribution is 5.81. The average molecular weight is 633 g/mol. The quantitative estimate of drug-likeness (QED) is 0.0483. The Balaban J connectivity index is 1.82. The minimum absolute atomic E-state index is 0.0147. The number of aliphatic hydroxyl groups is 5. The van der Waals surface area contributed by atoms with Gasteiger partial charge in [0, 0.05) is 37.6 Å². The van der Waals surface area contributed by atoms with Crippen LogP contribution in [0, 0.1) is 5.92 Å². The van der Waals surface area contributed by atoms with Crippen LogP contribution >= 0.6 is 0 Å². The van der Waals surface area contributed by atoms with Crippen LogP contribution in [0.25, 0.3) is 0 Å². The first-order chi connectivity index (χ1) is 20.8. The molecule has 44 heavy (non-hydrogen) atoms. The number of guanidine groups is 1. The van der Waals surface area contributed by atoms with Crippen LogP contribution < -0.4 is 38.9 Å². The maximum atomic E-state index is 13.0. The number of hydrogen-bond acceptors (Lipinski definition) is 14. The van der Waals surface area contributed by atoms with Crippen molar-refractivity contribution in [3.8, 4) is 0 Å². The lowest BCUT2D eigenvalue weighted by atomic mass is 9.72. The van der Waals surface area contributed by atoms with Crippen LogP contribution in [0.15, 0.2) is 16.8 Å². The molecule has 3 aliphatic rings. The highest BCUT2D eigenvalue weighted by Gasteiger charge is 2.53. The Bertz CT molecular complexity index is 985. The highest BCUT2D eigenvalue weighted by Crippen LogP contribution is 2.36. The fourth-order valence-electron chi connectivity index (χ4n) is 6.10.